The molecule has 1 rings (SSSR count). The summed E-state index contributed by atoms with van der Waals surface area (Å²) in [6, 6.07) is 0. The molecule has 0 nitrogen and oxygen atoms in total. The highest BCUT2D eigenvalue weighted by atomic mass is 14.2. The molecule has 1 saturated carbocycles. The molecule has 1 aliphatic carbocycles. The maximum atomic E-state index is 2.43. The highest BCUT2D eigenvalue weighted by Gasteiger charge is 2.16. The monoisotopic (exact) mass is 194 g/mol. The van der Waals surface area contributed by atoms with Gasteiger partial charge in [-0.25, -0.2) is 0 Å². The molecule has 0 aromatic rings. The highest BCUT2D eigenvalue weighted by molar-refractivity contribution is 4.95. The number of allylic oxidation sites excluding steroid dienone is 2. The predicted molar refractivity (Wildman–Crippen MR) is 64.5 cm³/mol. The Morgan fingerprint density at radius 3 is 2.21 bits per heavy atom. The van der Waals surface area contributed by atoms with E-state index in [1.807, 2.05) is 0 Å². The molecule has 0 aromatic carbocycles. The van der Waals surface area contributed by atoms with Crippen LogP contribution in [0.5, 0.6) is 0 Å². The molecular weight excluding hydrogens is 168 g/mol. The SMILES string of the molecule is CCCCCCCCCC=CC1CC1. The second-order valence-corrected chi connectivity index (χ2v) is 4.68. The summed E-state index contributed by atoms with van der Waals surface area (Å²) in [4.78, 5) is 0. The van der Waals surface area contributed by atoms with Crippen molar-refractivity contribution in [2.45, 2.75) is 71.1 Å². The van der Waals surface area contributed by atoms with Crippen LogP contribution in [-0.2, 0) is 0 Å². The fourth-order valence-electron chi connectivity index (χ4n) is 1.80. The van der Waals surface area contributed by atoms with E-state index in [1.54, 1.807) is 0 Å². The minimum absolute atomic E-state index is 0.972. The van der Waals surface area contributed by atoms with Crippen molar-refractivity contribution in [2.75, 3.05) is 0 Å². The molecule has 0 heteroatoms. The minimum atomic E-state index is 0.972. The number of hydrogen-bond donors (Lipinski definition) is 0. The summed E-state index contributed by atoms with van der Waals surface area (Å²) in [5, 5.41) is 0. The molecule has 0 spiro atoms. The van der Waals surface area contributed by atoms with Crippen molar-refractivity contribution < 1.29 is 0 Å². The van der Waals surface area contributed by atoms with Crippen LogP contribution in [0.15, 0.2) is 12.2 Å². The van der Waals surface area contributed by atoms with Crippen LogP contribution in [0.4, 0.5) is 0 Å². The van der Waals surface area contributed by atoms with Gasteiger partial charge in [0, 0.05) is 0 Å². The molecule has 0 unspecified atom stereocenters. The van der Waals surface area contributed by atoms with E-state index in [9.17, 15) is 0 Å². The lowest BCUT2D eigenvalue weighted by Gasteiger charge is -1.98. The molecule has 1 aliphatic rings. The van der Waals surface area contributed by atoms with E-state index in [2.05, 4.69) is 19.1 Å². The number of unbranched alkanes of at least 4 members (excludes halogenated alkanes) is 7. The molecule has 0 aliphatic heterocycles. The first-order valence-corrected chi connectivity index (χ1v) is 6.60. The standard InChI is InChI=1S/C14H26/c1-2-3-4-5-6-7-8-9-10-11-14-12-13-14/h10-11,14H,2-9,12-13H2,1H3. The van der Waals surface area contributed by atoms with E-state index in [0.29, 0.717) is 0 Å². The summed E-state index contributed by atoms with van der Waals surface area (Å²) in [5.41, 5.74) is 0. The second-order valence-electron chi connectivity index (χ2n) is 4.68. The van der Waals surface area contributed by atoms with E-state index >= 15 is 0 Å². The van der Waals surface area contributed by atoms with Crippen molar-refractivity contribution in [1.29, 1.82) is 0 Å². The average molecular weight is 194 g/mol. The molecular formula is C14H26. The summed E-state index contributed by atoms with van der Waals surface area (Å²) in [6.07, 6.45) is 19.1. The van der Waals surface area contributed by atoms with Crippen LogP contribution in [0, 0.1) is 5.92 Å². The van der Waals surface area contributed by atoms with Crippen LogP contribution in [0.1, 0.15) is 71.1 Å². The van der Waals surface area contributed by atoms with Gasteiger partial charge in [-0.2, -0.15) is 0 Å². The van der Waals surface area contributed by atoms with Crippen LogP contribution in [0.3, 0.4) is 0 Å². The van der Waals surface area contributed by atoms with Gasteiger partial charge in [0.15, 0.2) is 0 Å². The van der Waals surface area contributed by atoms with Crippen molar-refractivity contribution in [3.8, 4) is 0 Å². The third-order valence-electron chi connectivity index (χ3n) is 3.00. The Kier molecular flexibility index (Phi) is 6.82. The lowest BCUT2D eigenvalue weighted by molar-refractivity contribution is 0.592. The average Bonchev–Trinajstić information content (AvgIpc) is 2.99. The van der Waals surface area contributed by atoms with Crippen LogP contribution in [-0.4, -0.2) is 0 Å². The first kappa shape index (κ1) is 11.8. The zero-order valence-electron chi connectivity index (χ0n) is 9.80. The Balaban J connectivity index is 1.70. The van der Waals surface area contributed by atoms with Crippen molar-refractivity contribution in [2.24, 2.45) is 5.92 Å². The van der Waals surface area contributed by atoms with E-state index in [0.717, 1.165) is 5.92 Å². The highest BCUT2D eigenvalue weighted by Crippen LogP contribution is 2.30. The summed E-state index contributed by atoms with van der Waals surface area (Å²) >= 11 is 0. The Morgan fingerprint density at radius 1 is 0.929 bits per heavy atom. The van der Waals surface area contributed by atoms with Gasteiger partial charge in [0.05, 0.1) is 0 Å². The zero-order chi connectivity index (χ0) is 10.1. The first-order valence-electron chi connectivity index (χ1n) is 6.60. The lowest BCUT2D eigenvalue weighted by atomic mass is 10.1. The van der Waals surface area contributed by atoms with Gasteiger partial charge in [-0.05, 0) is 31.6 Å². The van der Waals surface area contributed by atoms with Crippen LogP contribution in [0.25, 0.3) is 0 Å². The fraction of sp³-hybridized carbons (Fsp3) is 0.857. The van der Waals surface area contributed by atoms with Gasteiger partial charge < -0.3 is 0 Å². The first-order chi connectivity index (χ1) is 6.93. The molecule has 0 saturated heterocycles. The minimum Gasteiger partial charge on any atom is -0.0883 e. The van der Waals surface area contributed by atoms with Gasteiger partial charge in [-0.15, -0.1) is 0 Å². The molecule has 0 bridgehead atoms. The largest absolute Gasteiger partial charge is 0.0883 e. The third-order valence-corrected chi connectivity index (χ3v) is 3.00. The zero-order valence-corrected chi connectivity index (χ0v) is 9.80. The van der Waals surface area contributed by atoms with Gasteiger partial charge in [0.1, 0.15) is 0 Å². The lowest BCUT2D eigenvalue weighted by Crippen LogP contribution is -1.78. The molecule has 14 heavy (non-hydrogen) atoms. The van der Waals surface area contributed by atoms with Crippen molar-refractivity contribution in [3.05, 3.63) is 12.2 Å². The van der Waals surface area contributed by atoms with Gasteiger partial charge in [0.25, 0.3) is 0 Å². The van der Waals surface area contributed by atoms with Gasteiger partial charge in [-0.1, -0.05) is 57.6 Å². The topological polar surface area (TPSA) is 0 Å². The molecule has 0 amide bonds. The van der Waals surface area contributed by atoms with Crippen molar-refractivity contribution in [3.63, 3.8) is 0 Å². The Bertz CT molecular complexity index is 142. The van der Waals surface area contributed by atoms with Gasteiger partial charge >= 0.3 is 0 Å². The second kappa shape index (κ2) is 8.08. The summed E-state index contributed by atoms with van der Waals surface area (Å²) in [7, 11) is 0. The van der Waals surface area contributed by atoms with Crippen LogP contribution in [0.2, 0.25) is 0 Å². The van der Waals surface area contributed by atoms with Gasteiger partial charge in [0.2, 0.25) is 0 Å². The smallest absolute Gasteiger partial charge is 0.0233 e. The van der Waals surface area contributed by atoms with Crippen molar-refractivity contribution >= 4 is 0 Å². The van der Waals surface area contributed by atoms with Crippen LogP contribution < -0.4 is 0 Å². The molecule has 0 heterocycles. The Morgan fingerprint density at radius 2 is 1.57 bits per heavy atom. The van der Waals surface area contributed by atoms with E-state index in [4.69, 9.17) is 0 Å². The Labute approximate surface area is 89.8 Å². The summed E-state index contributed by atoms with van der Waals surface area (Å²) in [5.74, 6) is 0.972. The van der Waals surface area contributed by atoms with E-state index in [1.165, 1.54) is 64.2 Å². The van der Waals surface area contributed by atoms with Crippen LogP contribution >= 0.6 is 0 Å². The summed E-state index contributed by atoms with van der Waals surface area (Å²) < 4.78 is 0. The van der Waals surface area contributed by atoms with E-state index < -0.39 is 0 Å². The quantitative estimate of drug-likeness (QED) is 0.354. The molecule has 82 valence electrons. The molecule has 0 aromatic heterocycles. The normalized spacial score (nSPS) is 16.6. The molecule has 1 fully saturated rings. The molecule has 0 N–H and O–H groups in total. The molecule has 0 radical (unpaired) electrons. The maximum Gasteiger partial charge on any atom is -0.0233 e. The van der Waals surface area contributed by atoms with E-state index in [-0.39, 0.29) is 0 Å². The third kappa shape index (κ3) is 7.17. The fourth-order valence-corrected chi connectivity index (χ4v) is 1.80. The number of hydrogen-bond acceptors (Lipinski definition) is 0. The summed E-state index contributed by atoms with van der Waals surface area (Å²) in [6.45, 7) is 2.28. The number of rotatable bonds is 9. The predicted octanol–water partition coefficient (Wildman–Crippen LogP) is 5.09. The maximum absolute atomic E-state index is 2.43. The molecule has 0 atom stereocenters. The van der Waals surface area contributed by atoms with Gasteiger partial charge in [-0.3, -0.25) is 0 Å². The Hall–Kier alpha value is -0.260. The van der Waals surface area contributed by atoms with Crippen molar-refractivity contribution in [1.82, 2.24) is 0 Å².